The van der Waals surface area contributed by atoms with E-state index in [-0.39, 0.29) is 24.3 Å². The van der Waals surface area contributed by atoms with E-state index in [1.807, 2.05) is 74.5 Å². The van der Waals surface area contributed by atoms with Gasteiger partial charge in [0.2, 0.25) is 5.91 Å². The van der Waals surface area contributed by atoms with Crippen LogP contribution in [0.1, 0.15) is 42.2 Å². The first-order chi connectivity index (χ1) is 14.5. The van der Waals surface area contributed by atoms with Crippen LogP contribution in [0, 0.1) is 0 Å². The minimum Gasteiger partial charge on any atom is -0.491 e. The summed E-state index contributed by atoms with van der Waals surface area (Å²) in [4.78, 5) is 25.3. The average Bonchev–Trinajstić information content (AvgIpc) is 2.75. The van der Waals surface area contributed by atoms with Crippen molar-refractivity contribution in [2.24, 2.45) is 0 Å². The van der Waals surface area contributed by atoms with E-state index in [0.717, 1.165) is 11.3 Å². The van der Waals surface area contributed by atoms with Gasteiger partial charge in [-0.2, -0.15) is 0 Å². The minimum atomic E-state index is -0.442. The van der Waals surface area contributed by atoms with Crippen molar-refractivity contribution in [2.45, 2.75) is 32.4 Å². The standard InChI is InChI=1S/C25H26N2O3/c1-18(2)30-22-15-13-21(14-16-22)26-24(28)17-23(19-9-5-3-6-10-19)27-25(29)20-11-7-4-8-12-20/h3-16,18,23H,17H2,1-2H3,(H,26,28)(H,27,29). The third-order valence-corrected chi connectivity index (χ3v) is 4.44. The first-order valence-electron chi connectivity index (χ1n) is 9.98. The summed E-state index contributed by atoms with van der Waals surface area (Å²) < 4.78 is 5.62. The number of carbonyl (C=O) groups excluding carboxylic acids is 2. The second-order valence-corrected chi connectivity index (χ2v) is 7.25. The Labute approximate surface area is 177 Å². The lowest BCUT2D eigenvalue weighted by Crippen LogP contribution is -2.31. The fraction of sp³-hybridized carbons (Fsp3) is 0.200. The molecule has 3 aromatic carbocycles. The average molecular weight is 402 g/mol. The number of nitrogens with one attached hydrogen (secondary N) is 2. The molecule has 154 valence electrons. The Hall–Kier alpha value is -3.60. The third kappa shape index (κ3) is 6.21. The summed E-state index contributed by atoms with van der Waals surface area (Å²) in [6.45, 7) is 3.92. The van der Waals surface area contributed by atoms with Crippen molar-refractivity contribution in [1.82, 2.24) is 5.32 Å². The maximum Gasteiger partial charge on any atom is 0.251 e. The third-order valence-electron chi connectivity index (χ3n) is 4.44. The molecule has 0 radical (unpaired) electrons. The molecule has 0 aliphatic heterocycles. The van der Waals surface area contributed by atoms with Crippen LogP contribution in [0.5, 0.6) is 5.75 Å². The first-order valence-corrected chi connectivity index (χ1v) is 9.98. The maximum absolute atomic E-state index is 12.7. The number of rotatable bonds is 8. The van der Waals surface area contributed by atoms with Crippen LogP contribution < -0.4 is 15.4 Å². The Bertz CT molecular complexity index is 955. The Morgan fingerprint density at radius 2 is 1.43 bits per heavy atom. The highest BCUT2D eigenvalue weighted by molar-refractivity contribution is 5.95. The molecule has 0 spiro atoms. The SMILES string of the molecule is CC(C)Oc1ccc(NC(=O)CC(NC(=O)c2ccccc2)c2ccccc2)cc1. The van der Waals surface area contributed by atoms with Gasteiger partial charge in [-0.05, 0) is 55.8 Å². The molecule has 30 heavy (non-hydrogen) atoms. The van der Waals surface area contributed by atoms with Crippen molar-refractivity contribution in [3.8, 4) is 5.75 Å². The fourth-order valence-corrected chi connectivity index (χ4v) is 3.06. The summed E-state index contributed by atoms with van der Waals surface area (Å²) in [5.41, 5.74) is 2.11. The van der Waals surface area contributed by atoms with Gasteiger partial charge in [0, 0.05) is 11.3 Å². The quantitative estimate of drug-likeness (QED) is 0.559. The molecular weight excluding hydrogens is 376 g/mol. The molecule has 5 heteroatoms. The van der Waals surface area contributed by atoms with Crippen molar-refractivity contribution >= 4 is 17.5 Å². The molecule has 0 saturated heterocycles. The van der Waals surface area contributed by atoms with Crippen molar-refractivity contribution in [3.05, 3.63) is 96.1 Å². The van der Waals surface area contributed by atoms with Crippen LogP contribution in [0.4, 0.5) is 5.69 Å². The van der Waals surface area contributed by atoms with Gasteiger partial charge in [0.1, 0.15) is 5.75 Å². The van der Waals surface area contributed by atoms with Gasteiger partial charge in [0.25, 0.3) is 5.91 Å². The second kappa shape index (κ2) is 10.3. The number of hydrogen-bond donors (Lipinski definition) is 2. The van der Waals surface area contributed by atoms with Gasteiger partial charge in [-0.3, -0.25) is 9.59 Å². The number of hydrogen-bond acceptors (Lipinski definition) is 3. The van der Waals surface area contributed by atoms with E-state index < -0.39 is 6.04 Å². The zero-order valence-electron chi connectivity index (χ0n) is 17.2. The van der Waals surface area contributed by atoms with Crippen LogP contribution in [-0.2, 0) is 4.79 Å². The highest BCUT2D eigenvalue weighted by atomic mass is 16.5. The predicted molar refractivity (Wildman–Crippen MR) is 119 cm³/mol. The van der Waals surface area contributed by atoms with E-state index in [2.05, 4.69) is 10.6 Å². The van der Waals surface area contributed by atoms with E-state index in [1.165, 1.54) is 0 Å². The Morgan fingerprint density at radius 3 is 2.03 bits per heavy atom. The largest absolute Gasteiger partial charge is 0.491 e. The summed E-state index contributed by atoms with van der Waals surface area (Å²) in [6.07, 6.45) is 0.206. The van der Waals surface area contributed by atoms with Crippen molar-refractivity contribution < 1.29 is 14.3 Å². The number of ether oxygens (including phenoxy) is 1. The van der Waals surface area contributed by atoms with E-state index in [4.69, 9.17) is 4.74 Å². The van der Waals surface area contributed by atoms with Gasteiger partial charge in [0.15, 0.2) is 0 Å². The molecule has 3 aromatic rings. The Kier molecular flexibility index (Phi) is 7.22. The molecule has 0 aliphatic rings. The van der Waals surface area contributed by atoms with Crippen LogP contribution in [0.3, 0.4) is 0 Å². The van der Waals surface area contributed by atoms with Crippen LogP contribution in [0.25, 0.3) is 0 Å². The molecule has 0 fully saturated rings. The molecule has 5 nitrogen and oxygen atoms in total. The van der Waals surface area contributed by atoms with E-state index in [0.29, 0.717) is 11.3 Å². The summed E-state index contributed by atoms with van der Waals surface area (Å²) in [5, 5.41) is 5.87. The van der Waals surface area contributed by atoms with Crippen molar-refractivity contribution in [1.29, 1.82) is 0 Å². The Morgan fingerprint density at radius 1 is 0.833 bits per heavy atom. The van der Waals surface area contributed by atoms with Gasteiger partial charge in [0.05, 0.1) is 18.6 Å². The summed E-state index contributed by atoms with van der Waals surface area (Å²) in [7, 11) is 0. The summed E-state index contributed by atoms with van der Waals surface area (Å²) in [5.74, 6) is 0.350. The highest BCUT2D eigenvalue weighted by Gasteiger charge is 2.19. The van der Waals surface area contributed by atoms with Crippen LogP contribution in [-0.4, -0.2) is 17.9 Å². The topological polar surface area (TPSA) is 67.4 Å². The molecule has 1 atom stereocenters. The number of benzene rings is 3. The summed E-state index contributed by atoms with van der Waals surface area (Å²) in [6, 6.07) is 25.3. The molecule has 0 aromatic heterocycles. The maximum atomic E-state index is 12.7. The van der Waals surface area contributed by atoms with Gasteiger partial charge in [-0.15, -0.1) is 0 Å². The number of amides is 2. The molecule has 1 unspecified atom stereocenters. The van der Waals surface area contributed by atoms with Crippen LogP contribution in [0.2, 0.25) is 0 Å². The van der Waals surface area contributed by atoms with Crippen LogP contribution >= 0.6 is 0 Å². The Balaban J connectivity index is 1.68. The molecule has 0 aliphatic carbocycles. The lowest BCUT2D eigenvalue weighted by atomic mass is 10.0. The lowest BCUT2D eigenvalue weighted by molar-refractivity contribution is -0.116. The smallest absolute Gasteiger partial charge is 0.251 e. The van der Waals surface area contributed by atoms with E-state index in [9.17, 15) is 9.59 Å². The normalized spacial score (nSPS) is 11.6. The number of carbonyl (C=O) groups is 2. The molecule has 2 amide bonds. The van der Waals surface area contributed by atoms with Crippen LogP contribution in [0.15, 0.2) is 84.9 Å². The zero-order valence-corrected chi connectivity index (χ0v) is 17.2. The number of anilines is 1. The molecule has 2 N–H and O–H groups in total. The first kappa shape index (κ1) is 21.1. The zero-order chi connectivity index (χ0) is 21.3. The molecule has 0 saturated carbocycles. The summed E-state index contributed by atoms with van der Waals surface area (Å²) >= 11 is 0. The van der Waals surface area contributed by atoms with Gasteiger partial charge < -0.3 is 15.4 Å². The van der Waals surface area contributed by atoms with Gasteiger partial charge in [-0.1, -0.05) is 48.5 Å². The van der Waals surface area contributed by atoms with Gasteiger partial charge >= 0.3 is 0 Å². The highest BCUT2D eigenvalue weighted by Crippen LogP contribution is 2.20. The monoisotopic (exact) mass is 402 g/mol. The molecule has 3 rings (SSSR count). The fourth-order valence-electron chi connectivity index (χ4n) is 3.06. The lowest BCUT2D eigenvalue weighted by Gasteiger charge is -2.19. The minimum absolute atomic E-state index is 0.0882. The molecule has 0 bridgehead atoms. The van der Waals surface area contributed by atoms with Crippen molar-refractivity contribution in [3.63, 3.8) is 0 Å². The predicted octanol–water partition coefficient (Wildman–Crippen LogP) is 4.97. The molecular formula is C25H26N2O3. The second-order valence-electron chi connectivity index (χ2n) is 7.25. The van der Waals surface area contributed by atoms with Crippen molar-refractivity contribution in [2.75, 3.05) is 5.32 Å². The van der Waals surface area contributed by atoms with Gasteiger partial charge in [-0.25, -0.2) is 0 Å². The van der Waals surface area contributed by atoms with E-state index >= 15 is 0 Å². The molecule has 0 heterocycles. The van der Waals surface area contributed by atoms with E-state index in [1.54, 1.807) is 24.3 Å².